The quantitative estimate of drug-likeness (QED) is 0.561. The standard InChI is InChI=1S/C21H20Cl2N2O3/c1-12(2)13-4-6-14(7-5-13)18(26)11-25-19(27)21(3,24-20(25)28)16-9-8-15(22)10-17(16)23/h4-10,12H,11H2,1-3H3,(H,24,28). The molecule has 1 atom stereocenters. The van der Waals surface area contributed by atoms with Gasteiger partial charge in [-0.1, -0.05) is 67.4 Å². The number of hydrogen-bond donors (Lipinski definition) is 1. The number of nitrogens with one attached hydrogen (secondary N) is 1. The number of urea groups is 1. The molecule has 0 bridgehead atoms. The third-order valence-electron chi connectivity index (χ3n) is 4.95. The summed E-state index contributed by atoms with van der Waals surface area (Å²) in [5, 5.41) is 3.33. The van der Waals surface area contributed by atoms with Crippen molar-refractivity contribution < 1.29 is 14.4 Å². The molecule has 3 rings (SSSR count). The van der Waals surface area contributed by atoms with Crippen LogP contribution >= 0.6 is 23.2 Å². The SMILES string of the molecule is CC(C)c1ccc(C(=O)CN2C(=O)NC(C)(c3ccc(Cl)cc3Cl)C2=O)cc1. The van der Waals surface area contributed by atoms with Crippen molar-refractivity contribution >= 4 is 40.9 Å². The molecular formula is C21H20Cl2N2O3. The van der Waals surface area contributed by atoms with E-state index in [1.54, 1.807) is 31.2 Å². The van der Waals surface area contributed by atoms with Crippen molar-refractivity contribution in [3.63, 3.8) is 0 Å². The zero-order valence-corrected chi connectivity index (χ0v) is 17.3. The lowest BCUT2D eigenvalue weighted by Crippen LogP contribution is -2.41. The van der Waals surface area contributed by atoms with Gasteiger partial charge in [-0.2, -0.15) is 0 Å². The van der Waals surface area contributed by atoms with Gasteiger partial charge < -0.3 is 5.32 Å². The van der Waals surface area contributed by atoms with Crippen LogP contribution in [0.25, 0.3) is 0 Å². The third kappa shape index (κ3) is 3.64. The first-order chi connectivity index (χ1) is 13.1. The number of benzene rings is 2. The molecule has 1 N–H and O–H groups in total. The Morgan fingerprint density at radius 3 is 2.32 bits per heavy atom. The second kappa shape index (κ2) is 7.57. The van der Waals surface area contributed by atoms with Crippen LogP contribution in [0.5, 0.6) is 0 Å². The maximum Gasteiger partial charge on any atom is 0.325 e. The first-order valence-electron chi connectivity index (χ1n) is 8.86. The predicted molar refractivity (Wildman–Crippen MR) is 109 cm³/mol. The fourth-order valence-electron chi connectivity index (χ4n) is 3.21. The molecule has 2 aromatic carbocycles. The van der Waals surface area contributed by atoms with Gasteiger partial charge in [-0.25, -0.2) is 4.79 Å². The highest BCUT2D eigenvalue weighted by Crippen LogP contribution is 2.35. The number of rotatable bonds is 5. The van der Waals surface area contributed by atoms with Crippen molar-refractivity contribution in [1.82, 2.24) is 10.2 Å². The smallest absolute Gasteiger partial charge is 0.319 e. The van der Waals surface area contributed by atoms with E-state index in [9.17, 15) is 14.4 Å². The molecular weight excluding hydrogens is 399 g/mol. The average molecular weight is 419 g/mol. The lowest BCUT2D eigenvalue weighted by atomic mass is 9.92. The highest BCUT2D eigenvalue weighted by molar-refractivity contribution is 6.35. The van der Waals surface area contributed by atoms with Gasteiger partial charge in [-0.15, -0.1) is 0 Å². The Morgan fingerprint density at radius 1 is 1.11 bits per heavy atom. The zero-order valence-electron chi connectivity index (χ0n) is 15.8. The fourth-order valence-corrected chi connectivity index (χ4v) is 3.80. The lowest BCUT2D eigenvalue weighted by molar-refractivity contribution is -0.130. The molecule has 1 unspecified atom stereocenters. The van der Waals surface area contributed by atoms with Crippen LogP contribution in [0.15, 0.2) is 42.5 Å². The van der Waals surface area contributed by atoms with Gasteiger partial charge in [0.2, 0.25) is 0 Å². The van der Waals surface area contributed by atoms with Crippen LogP contribution in [0.3, 0.4) is 0 Å². The number of hydrogen-bond acceptors (Lipinski definition) is 3. The van der Waals surface area contributed by atoms with Crippen LogP contribution in [-0.4, -0.2) is 29.2 Å². The number of amides is 3. The number of nitrogens with zero attached hydrogens (tertiary/aromatic N) is 1. The van der Waals surface area contributed by atoms with E-state index >= 15 is 0 Å². The van der Waals surface area contributed by atoms with Crippen molar-refractivity contribution in [2.75, 3.05) is 6.54 Å². The molecule has 0 saturated carbocycles. The zero-order chi connectivity index (χ0) is 20.6. The summed E-state index contributed by atoms with van der Waals surface area (Å²) in [6.45, 7) is 5.34. The number of halogens is 2. The Labute approximate surface area is 173 Å². The molecule has 7 heteroatoms. The number of Topliss-reactive ketones (excluding diaryl/α,β-unsaturated/α-hetero) is 1. The molecule has 1 saturated heterocycles. The molecule has 1 aliphatic rings. The molecule has 3 amide bonds. The summed E-state index contributed by atoms with van der Waals surface area (Å²) in [6.07, 6.45) is 0. The topological polar surface area (TPSA) is 66.5 Å². The van der Waals surface area contributed by atoms with Crippen LogP contribution in [0.4, 0.5) is 4.79 Å². The molecule has 1 heterocycles. The Hall–Kier alpha value is -2.37. The molecule has 28 heavy (non-hydrogen) atoms. The largest absolute Gasteiger partial charge is 0.325 e. The first kappa shape index (κ1) is 20.4. The molecule has 0 radical (unpaired) electrons. The van der Waals surface area contributed by atoms with Gasteiger partial charge in [0.1, 0.15) is 5.54 Å². The number of carbonyl (C=O) groups is 3. The van der Waals surface area contributed by atoms with Crippen molar-refractivity contribution in [2.24, 2.45) is 0 Å². The highest BCUT2D eigenvalue weighted by atomic mass is 35.5. The van der Waals surface area contributed by atoms with E-state index < -0.39 is 17.5 Å². The van der Waals surface area contributed by atoms with Crippen LogP contribution in [-0.2, 0) is 10.3 Å². The van der Waals surface area contributed by atoms with Crippen molar-refractivity contribution in [1.29, 1.82) is 0 Å². The normalized spacial score (nSPS) is 19.3. The summed E-state index contributed by atoms with van der Waals surface area (Å²) in [6, 6.07) is 11.2. The number of ketones is 1. The van der Waals surface area contributed by atoms with Crippen molar-refractivity contribution in [2.45, 2.75) is 32.2 Å². The predicted octanol–water partition coefficient (Wildman–Crippen LogP) is 4.77. The Morgan fingerprint density at radius 2 is 1.75 bits per heavy atom. The van der Waals surface area contributed by atoms with Crippen LogP contribution in [0.2, 0.25) is 10.0 Å². The second-order valence-electron chi connectivity index (χ2n) is 7.27. The second-order valence-corrected chi connectivity index (χ2v) is 8.11. The summed E-state index contributed by atoms with van der Waals surface area (Å²) >= 11 is 12.1. The summed E-state index contributed by atoms with van der Waals surface area (Å²) in [5.74, 6) is -0.501. The van der Waals surface area contributed by atoms with Gasteiger partial charge in [-0.3, -0.25) is 14.5 Å². The molecule has 0 spiro atoms. The van der Waals surface area contributed by atoms with E-state index in [0.29, 0.717) is 22.1 Å². The first-order valence-corrected chi connectivity index (χ1v) is 9.62. The molecule has 5 nitrogen and oxygen atoms in total. The Bertz CT molecular complexity index is 957. The maximum atomic E-state index is 13.0. The number of carbonyl (C=O) groups excluding carboxylic acids is 3. The van der Waals surface area contributed by atoms with E-state index in [1.165, 1.54) is 6.07 Å². The van der Waals surface area contributed by atoms with E-state index in [0.717, 1.165) is 10.5 Å². The molecule has 1 aliphatic heterocycles. The Kier molecular flexibility index (Phi) is 5.50. The minimum absolute atomic E-state index is 0.265. The van der Waals surface area contributed by atoms with Gasteiger partial charge in [0.05, 0.1) is 6.54 Å². The van der Waals surface area contributed by atoms with Crippen molar-refractivity contribution in [3.8, 4) is 0 Å². The van der Waals surface area contributed by atoms with Crippen molar-refractivity contribution in [3.05, 3.63) is 69.2 Å². The molecule has 0 aromatic heterocycles. The highest BCUT2D eigenvalue weighted by Gasteiger charge is 2.50. The third-order valence-corrected chi connectivity index (χ3v) is 5.49. The Balaban J connectivity index is 1.82. The van der Waals surface area contributed by atoms with Gasteiger partial charge in [0.25, 0.3) is 5.91 Å². The van der Waals surface area contributed by atoms with Gasteiger partial charge in [0, 0.05) is 21.2 Å². The molecule has 146 valence electrons. The van der Waals surface area contributed by atoms with E-state index in [2.05, 4.69) is 19.2 Å². The van der Waals surface area contributed by atoms with Crippen LogP contribution in [0.1, 0.15) is 48.2 Å². The van der Waals surface area contributed by atoms with E-state index in [1.807, 2.05) is 12.1 Å². The van der Waals surface area contributed by atoms with E-state index in [4.69, 9.17) is 23.2 Å². The van der Waals surface area contributed by atoms with Crippen LogP contribution in [0, 0.1) is 0 Å². The minimum atomic E-state index is -1.36. The summed E-state index contributed by atoms with van der Waals surface area (Å²) in [4.78, 5) is 39.0. The fraction of sp³-hybridized carbons (Fsp3) is 0.286. The monoisotopic (exact) mass is 418 g/mol. The number of imide groups is 1. The van der Waals surface area contributed by atoms with E-state index in [-0.39, 0.29) is 17.4 Å². The summed E-state index contributed by atoms with van der Waals surface area (Å²) < 4.78 is 0. The average Bonchev–Trinajstić information content (AvgIpc) is 2.85. The summed E-state index contributed by atoms with van der Waals surface area (Å²) in [5.41, 5.74) is 0.619. The lowest BCUT2D eigenvalue weighted by Gasteiger charge is -2.23. The minimum Gasteiger partial charge on any atom is -0.319 e. The molecule has 0 aliphatic carbocycles. The maximum absolute atomic E-state index is 13.0. The molecule has 1 fully saturated rings. The summed E-state index contributed by atoms with van der Waals surface area (Å²) in [7, 11) is 0. The van der Waals surface area contributed by atoms with Gasteiger partial charge in [0.15, 0.2) is 5.78 Å². The van der Waals surface area contributed by atoms with Crippen LogP contribution < -0.4 is 5.32 Å². The van der Waals surface area contributed by atoms with Gasteiger partial charge >= 0.3 is 6.03 Å². The molecule has 2 aromatic rings. The van der Waals surface area contributed by atoms with Gasteiger partial charge in [-0.05, 0) is 30.5 Å².